The zero-order chi connectivity index (χ0) is 11.6. The molecule has 1 saturated heterocycles. The second-order valence-corrected chi connectivity index (χ2v) is 9.52. The van der Waals surface area contributed by atoms with Crippen molar-refractivity contribution in [3.05, 3.63) is 0 Å². The van der Waals surface area contributed by atoms with Crippen LogP contribution in [0.1, 0.15) is 33.6 Å². The quantitative estimate of drug-likeness (QED) is 0.724. The molecule has 4 N–H and O–H groups in total. The number of hydrogen-bond donors (Lipinski definition) is 2. The summed E-state index contributed by atoms with van der Waals surface area (Å²) >= 11 is 0. The maximum atomic E-state index is 6.28. The normalized spacial score (nSPS) is 36.6. The van der Waals surface area contributed by atoms with Crippen molar-refractivity contribution >= 4 is 8.32 Å². The molecule has 1 aliphatic rings. The molecule has 0 aromatic heterocycles. The SMILES string of the molecule is CC(C)C(N)[Si]1(C)CCCC(C(C)N)O1. The Balaban J connectivity index is 2.68. The molecule has 0 amide bonds. The third-order valence-corrected chi connectivity index (χ3v) is 7.86. The van der Waals surface area contributed by atoms with E-state index in [1.165, 1.54) is 12.5 Å². The van der Waals surface area contributed by atoms with Gasteiger partial charge in [-0.2, -0.15) is 0 Å². The minimum Gasteiger partial charge on any atom is -0.411 e. The Kier molecular flexibility index (Phi) is 4.35. The van der Waals surface area contributed by atoms with Crippen LogP contribution in [0.5, 0.6) is 0 Å². The van der Waals surface area contributed by atoms with Crippen LogP contribution in [-0.4, -0.2) is 26.1 Å². The predicted octanol–water partition coefficient (Wildman–Crippen LogP) is 1.61. The third-order valence-electron chi connectivity index (χ3n) is 3.59. The first-order valence-corrected chi connectivity index (χ1v) is 8.75. The summed E-state index contributed by atoms with van der Waals surface area (Å²) in [5.41, 5.74) is 12.4. The molecule has 3 nitrogen and oxygen atoms in total. The third kappa shape index (κ3) is 3.03. The Hall–Kier alpha value is 0.0969. The van der Waals surface area contributed by atoms with Gasteiger partial charge in [0.25, 0.3) is 0 Å². The van der Waals surface area contributed by atoms with Gasteiger partial charge in [-0.1, -0.05) is 20.3 Å². The highest BCUT2D eigenvalue weighted by molar-refractivity contribution is 6.74. The summed E-state index contributed by atoms with van der Waals surface area (Å²) in [6, 6.07) is 1.33. The molecule has 0 aliphatic carbocycles. The van der Waals surface area contributed by atoms with E-state index in [-0.39, 0.29) is 17.8 Å². The van der Waals surface area contributed by atoms with E-state index in [2.05, 4.69) is 20.4 Å². The molecule has 0 bridgehead atoms. The standard InChI is InChI=1S/C11H26N2OSi/c1-8(2)11(13)15(4)7-5-6-10(14-15)9(3)12/h8-11H,5-7,12-13H2,1-4H3. The second kappa shape index (κ2) is 4.95. The molecular formula is C11H26N2OSi. The average molecular weight is 230 g/mol. The minimum atomic E-state index is -1.73. The van der Waals surface area contributed by atoms with Crippen LogP contribution in [0.3, 0.4) is 0 Å². The van der Waals surface area contributed by atoms with E-state index in [0.29, 0.717) is 5.92 Å². The van der Waals surface area contributed by atoms with Crippen LogP contribution in [-0.2, 0) is 4.43 Å². The summed E-state index contributed by atoms with van der Waals surface area (Å²) in [5, 5.41) is 0. The van der Waals surface area contributed by atoms with Crippen LogP contribution in [0.25, 0.3) is 0 Å². The van der Waals surface area contributed by atoms with Gasteiger partial charge in [0, 0.05) is 11.7 Å². The lowest BCUT2D eigenvalue weighted by molar-refractivity contribution is 0.129. The minimum absolute atomic E-state index is 0.136. The lowest BCUT2D eigenvalue weighted by atomic mass is 10.1. The molecule has 4 atom stereocenters. The van der Waals surface area contributed by atoms with Crippen LogP contribution < -0.4 is 11.5 Å². The van der Waals surface area contributed by atoms with Crippen molar-refractivity contribution in [3.8, 4) is 0 Å². The summed E-state index contributed by atoms with van der Waals surface area (Å²) < 4.78 is 6.25. The van der Waals surface area contributed by atoms with E-state index >= 15 is 0 Å². The van der Waals surface area contributed by atoms with Gasteiger partial charge in [0.1, 0.15) is 0 Å². The van der Waals surface area contributed by atoms with E-state index in [4.69, 9.17) is 15.9 Å². The lowest BCUT2D eigenvalue weighted by Gasteiger charge is -2.43. The summed E-state index contributed by atoms with van der Waals surface area (Å²) in [5.74, 6) is 0.508. The largest absolute Gasteiger partial charge is 0.411 e. The highest BCUT2D eigenvalue weighted by Gasteiger charge is 2.42. The molecule has 0 aromatic carbocycles. The summed E-state index contributed by atoms with van der Waals surface area (Å²) in [7, 11) is -1.73. The molecule has 4 heteroatoms. The van der Waals surface area contributed by atoms with Gasteiger partial charge in [0.15, 0.2) is 0 Å². The predicted molar refractivity (Wildman–Crippen MR) is 67.0 cm³/mol. The van der Waals surface area contributed by atoms with Crippen molar-refractivity contribution in [2.75, 3.05) is 0 Å². The van der Waals surface area contributed by atoms with E-state index in [9.17, 15) is 0 Å². The van der Waals surface area contributed by atoms with Crippen molar-refractivity contribution < 1.29 is 4.43 Å². The zero-order valence-corrected chi connectivity index (χ0v) is 11.5. The fraction of sp³-hybridized carbons (Fsp3) is 1.00. The van der Waals surface area contributed by atoms with Gasteiger partial charge in [-0.05, 0) is 31.9 Å². The van der Waals surface area contributed by atoms with E-state index in [1.54, 1.807) is 0 Å². The first kappa shape index (κ1) is 13.2. The number of rotatable bonds is 3. The lowest BCUT2D eigenvalue weighted by Crippen LogP contribution is -2.60. The molecule has 90 valence electrons. The monoisotopic (exact) mass is 230 g/mol. The Morgan fingerprint density at radius 3 is 2.33 bits per heavy atom. The Morgan fingerprint density at radius 2 is 1.87 bits per heavy atom. The maximum Gasteiger partial charge on any atom is 0.206 e. The topological polar surface area (TPSA) is 61.3 Å². The molecule has 0 aromatic rings. The smallest absolute Gasteiger partial charge is 0.206 e. The molecule has 1 rings (SSSR count). The van der Waals surface area contributed by atoms with Crippen LogP contribution >= 0.6 is 0 Å². The average Bonchev–Trinajstić information content (AvgIpc) is 2.16. The Morgan fingerprint density at radius 1 is 1.27 bits per heavy atom. The molecule has 0 radical (unpaired) electrons. The first-order valence-electron chi connectivity index (χ1n) is 6.06. The van der Waals surface area contributed by atoms with Crippen LogP contribution in [0.15, 0.2) is 0 Å². The van der Waals surface area contributed by atoms with Gasteiger partial charge in [-0.3, -0.25) is 0 Å². The van der Waals surface area contributed by atoms with Gasteiger partial charge >= 0.3 is 0 Å². The fourth-order valence-electron chi connectivity index (χ4n) is 2.44. The molecule has 0 saturated carbocycles. The molecular weight excluding hydrogens is 204 g/mol. The molecule has 1 fully saturated rings. The highest BCUT2D eigenvalue weighted by atomic mass is 28.4. The Bertz CT molecular complexity index is 211. The second-order valence-electron chi connectivity index (χ2n) is 5.49. The van der Waals surface area contributed by atoms with Gasteiger partial charge in [0.05, 0.1) is 6.10 Å². The van der Waals surface area contributed by atoms with Crippen molar-refractivity contribution in [3.63, 3.8) is 0 Å². The van der Waals surface area contributed by atoms with E-state index < -0.39 is 8.32 Å². The number of nitrogens with two attached hydrogens (primary N) is 2. The molecule has 15 heavy (non-hydrogen) atoms. The van der Waals surface area contributed by atoms with Crippen molar-refractivity contribution in [1.29, 1.82) is 0 Å². The van der Waals surface area contributed by atoms with Crippen LogP contribution in [0.2, 0.25) is 12.6 Å². The maximum absolute atomic E-state index is 6.28. The van der Waals surface area contributed by atoms with Crippen LogP contribution in [0, 0.1) is 5.92 Å². The zero-order valence-electron chi connectivity index (χ0n) is 10.5. The van der Waals surface area contributed by atoms with E-state index in [1.807, 2.05) is 6.92 Å². The van der Waals surface area contributed by atoms with Gasteiger partial charge in [0.2, 0.25) is 8.32 Å². The van der Waals surface area contributed by atoms with Gasteiger partial charge in [-0.15, -0.1) is 0 Å². The van der Waals surface area contributed by atoms with Crippen molar-refractivity contribution in [1.82, 2.24) is 0 Å². The number of hydrogen-bond acceptors (Lipinski definition) is 3. The van der Waals surface area contributed by atoms with Gasteiger partial charge in [-0.25, -0.2) is 0 Å². The van der Waals surface area contributed by atoms with Crippen molar-refractivity contribution in [2.45, 2.75) is 64.0 Å². The molecule has 4 unspecified atom stereocenters. The van der Waals surface area contributed by atoms with Crippen molar-refractivity contribution in [2.24, 2.45) is 17.4 Å². The van der Waals surface area contributed by atoms with Gasteiger partial charge < -0.3 is 15.9 Å². The first-order chi connectivity index (χ1) is 6.87. The summed E-state index contributed by atoms with van der Waals surface area (Å²) in [4.78, 5) is 0. The summed E-state index contributed by atoms with van der Waals surface area (Å²) in [6.45, 7) is 8.67. The Labute approximate surface area is 94.7 Å². The molecule has 1 heterocycles. The fourth-order valence-corrected chi connectivity index (χ4v) is 6.39. The summed E-state index contributed by atoms with van der Waals surface area (Å²) in [6.07, 6.45) is 2.57. The van der Waals surface area contributed by atoms with Crippen LogP contribution in [0.4, 0.5) is 0 Å². The van der Waals surface area contributed by atoms with E-state index in [0.717, 1.165) is 6.42 Å². The highest BCUT2D eigenvalue weighted by Crippen LogP contribution is 2.31. The molecule has 1 aliphatic heterocycles. The molecule has 0 spiro atoms.